The van der Waals surface area contributed by atoms with Crippen LogP contribution in [-0.4, -0.2) is 28.3 Å². The summed E-state index contributed by atoms with van der Waals surface area (Å²) in [6.45, 7) is 0. The van der Waals surface area contributed by atoms with Crippen molar-refractivity contribution in [2.24, 2.45) is 11.7 Å². The van der Waals surface area contributed by atoms with E-state index in [1.54, 1.807) is 0 Å². The van der Waals surface area contributed by atoms with Crippen LogP contribution in [0.25, 0.3) is 0 Å². The van der Waals surface area contributed by atoms with E-state index >= 15 is 0 Å². The number of carboxylic acid groups (broad SMARTS) is 1. The van der Waals surface area contributed by atoms with Gasteiger partial charge in [0.05, 0.1) is 12.5 Å². The third kappa shape index (κ3) is 3.64. The zero-order chi connectivity index (χ0) is 10.6. The average molecular weight is 201 g/mol. The van der Waals surface area contributed by atoms with Crippen molar-refractivity contribution in [1.82, 2.24) is 0 Å². The highest BCUT2D eigenvalue weighted by molar-refractivity contribution is 5.67. The molecule has 0 amide bonds. The number of aliphatic carboxylic acids is 1. The average Bonchev–Trinajstić information content (AvgIpc) is 2.55. The maximum Gasteiger partial charge on any atom is 0.306 e. The van der Waals surface area contributed by atoms with Crippen LogP contribution in [-0.2, 0) is 4.79 Å². The molecule has 4 heteroatoms. The summed E-state index contributed by atoms with van der Waals surface area (Å²) >= 11 is 0. The highest BCUT2D eigenvalue weighted by Crippen LogP contribution is 2.28. The molecule has 0 aromatic heterocycles. The number of rotatable bonds is 5. The van der Waals surface area contributed by atoms with Crippen LogP contribution in [0.2, 0.25) is 0 Å². The Kier molecular flexibility index (Phi) is 4.35. The fourth-order valence-electron chi connectivity index (χ4n) is 2.12. The van der Waals surface area contributed by atoms with Crippen molar-refractivity contribution in [1.29, 1.82) is 0 Å². The lowest BCUT2D eigenvalue weighted by Crippen LogP contribution is -2.37. The third-order valence-corrected chi connectivity index (χ3v) is 2.96. The molecule has 0 saturated heterocycles. The van der Waals surface area contributed by atoms with Gasteiger partial charge in [-0.1, -0.05) is 25.7 Å². The fraction of sp³-hybridized carbons (Fsp3) is 0.900. The molecule has 2 unspecified atom stereocenters. The minimum absolute atomic E-state index is 0.242. The summed E-state index contributed by atoms with van der Waals surface area (Å²) in [6, 6.07) is -0.380. The van der Waals surface area contributed by atoms with Crippen molar-refractivity contribution < 1.29 is 15.0 Å². The van der Waals surface area contributed by atoms with Crippen molar-refractivity contribution in [2.75, 3.05) is 0 Å². The highest BCUT2D eigenvalue weighted by atomic mass is 16.4. The van der Waals surface area contributed by atoms with Crippen LogP contribution in [0.5, 0.6) is 0 Å². The molecule has 0 heterocycles. The summed E-state index contributed by atoms with van der Waals surface area (Å²) in [6.07, 6.45) is 4.45. The van der Waals surface area contributed by atoms with E-state index < -0.39 is 12.1 Å². The van der Waals surface area contributed by atoms with Gasteiger partial charge in [-0.3, -0.25) is 4.79 Å². The van der Waals surface area contributed by atoms with Gasteiger partial charge in [0.1, 0.15) is 0 Å². The molecule has 1 aliphatic rings. The van der Waals surface area contributed by atoms with Crippen LogP contribution in [0.3, 0.4) is 0 Å². The summed E-state index contributed by atoms with van der Waals surface area (Å²) in [7, 11) is 0. The molecule has 1 aliphatic carbocycles. The van der Waals surface area contributed by atoms with E-state index in [1.807, 2.05) is 0 Å². The predicted octanol–water partition coefficient (Wildman–Crippen LogP) is 0.730. The smallest absolute Gasteiger partial charge is 0.306 e. The molecule has 1 rings (SSSR count). The van der Waals surface area contributed by atoms with Gasteiger partial charge in [0.15, 0.2) is 0 Å². The zero-order valence-electron chi connectivity index (χ0n) is 8.35. The summed E-state index contributed by atoms with van der Waals surface area (Å²) in [5.41, 5.74) is 5.73. The largest absolute Gasteiger partial charge is 0.481 e. The first kappa shape index (κ1) is 11.5. The van der Waals surface area contributed by atoms with Crippen LogP contribution in [0.15, 0.2) is 0 Å². The van der Waals surface area contributed by atoms with Gasteiger partial charge in [0.25, 0.3) is 0 Å². The topological polar surface area (TPSA) is 83.5 Å². The molecule has 4 N–H and O–H groups in total. The van der Waals surface area contributed by atoms with Crippen LogP contribution in [0.4, 0.5) is 0 Å². The van der Waals surface area contributed by atoms with E-state index in [0.717, 1.165) is 6.42 Å². The first-order valence-corrected chi connectivity index (χ1v) is 5.25. The normalized spacial score (nSPS) is 22.1. The standard InChI is InChI=1S/C10H19NO3/c11-8(9(12)6-10(13)14)5-7-3-1-2-4-7/h7-9,12H,1-6,11H2,(H,13,14). The lowest BCUT2D eigenvalue weighted by Gasteiger charge is -2.20. The number of carboxylic acids is 1. The third-order valence-electron chi connectivity index (χ3n) is 2.96. The Morgan fingerprint density at radius 3 is 2.50 bits per heavy atom. The molecule has 1 fully saturated rings. The van der Waals surface area contributed by atoms with Gasteiger partial charge < -0.3 is 15.9 Å². The Labute approximate surface area is 84.1 Å². The monoisotopic (exact) mass is 201 g/mol. The van der Waals surface area contributed by atoms with Crippen molar-refractivity contribution in [3.8, 4) is 0 Å². The number of hydrogen-bond acceptors (Lipinski definition) is 3. The number of carbonyl (C=O) groups is 1. The van der Waals surface area contributed by atoms with Crippen molar-refractivity contribution in [2.45, 2.75) is 50.7 Å². The summed E-state index contributed by atoms with van der Waals surface area (Å²) in [4.78, 5) is 10.3. The van der Waals surface area contributed by atoms with Gasteiger partial charge in [-0.15, -0.1) is 0 Å². The van der Waals surface area contributed by atoms with Crippen molar-refractivity contribution in [3.63, 3.8) is 0 Å². The molecule has 0 aromatic rings. The molecule has 2 atom stereocenters. The van der Waals surface area contributed by atoms with Gasteiger partial charge >= 0.3 is 5.97 Å². The van der Waals surface area contributed by atoms with E-state index in [-0.39, 0.29) is 12.5 Å². The molecular formula is C10H19NO3. The van der Waals surface area contributed by atoms with E-state index in [0.29, 0.717) is 5.92 Å². The van der Waals surface area contributed by atoms with Crippen LogP contribution < -0.4 is 5.73 Å². The Morgan fingerprint density at radius 1 is 1.43 bits per heavy atom. The molecule has 4 nitrogen and oxygen atoms in total. The Bertz CT molecular complexity index is 190. The molecule has 0 radical (unpaired) electrons. The second-order valence-corrected chi connectivity index (χ2v) is 4.22. The number of aliphatic hydroxyl groups excluding tert-OH is 1. The first-order chi connectivity index (χ1) is 6.59. The number of hydrogen-bond donors (Lipinski definition) is 3. The second-order valence-electron chi connectivity index (χ2n) is 4.22. The summed E-state index contributed by atoms with van der Waals surface area (Å²) in [5, 5.41) is 17.9. The van der Waals surface area contributed by atoms with Crippen molar-refractivity contribution in [3.05, 3.63) is 0 Å². The minimum Gasteiger partial charge on any atom is -0.481 e. The Balaban J connectivity index is 2.25. The summed E-state index contributed by atoms with van der Waals surface area (Å²) < 4.78 is 0. The fourth-order valence-corrected chi connectivity index (χ4v) is 2.12. The molecule has 82 valence electrons. The van der Waals surface area contributed by atoms with Gasteiger partial charge in [-0.25, -0.2) is 0 Å². The Morgan fingerprint density at radius 2 is 2.00 bits per heavy atom. The van der Waals surface area contributed by atoms with Crippen molar-refractivity contribution >= 4 is 5.97 Å². The molecule has 0 aliphatic heterocycles. The maximum absolute atomic E-state index is 10.3. The molecule has 14 heavy (non-hydrogen) atoms. The van der Waals surface area contributed by atoms with Gasteiger partial charge in [0, 0.05) is 6.04 Å². The predicted molar refractivity (Wildman–Crippen MR) is 52.8 cm³/mol. The van der Waals surface area contributed by atoms with E-state index in [2.05, 4.69) is 0 Å². The second kappa shape index (κ2) is 5.32. The van der Waals surface area contributed by atoms with Crippen LogP contribution >= 0.6 is 0 Å². The molecular weight excluding hydrogens is 182 g/mol. The van der Waals surface area contributed by atoms with Gasteiger partial charge in [-0.2, -0.15) is 0 Å². The maximum atomic E-state index is 10.3. The lowest BCUT2D eigenvalue weighted by atomic mass is 9.94. The number of aliphatic hydroxyl groups is 1. The molecule has 0 spiro atoms. The SMILES string of the molecule is NC(CC1CCCC1)C(O)CC(=O)O. The minimum atomic E-state index is -0.987. The molecule has 1 saturated carbocycles. The highest BCUT2D eigenvalue weighted by Gasteiger charge is 2.23. The van der Waals surface area contributed by atoms with E-state index in [4.69, 9.17) is 10.8 Å². The lowest BCUT2D eigenvalue weighted by molar-refractivity contribution is -0.139. The first-order valence-electron chi connectivity index (χ1n) is 5.25. The van der Waals surface area contributed by atoms with Gasteiger partial charge in [0.2, 0.25) is 0 Å². The van der Waals surface area contributed by atoms with E-state index in [1.165, 1.54) is 25.7 Å². The Hall–Kier alpha value is -0.610. The zero-order valence-corrected chi connectivity index (χ0v) is 8.35. The van der Waals surface area contributed by atoms with Gasteiger partial charge in [-0.05, 0) is 12.3 Å². The molecule has 0 bridgehead atoms. The quantitative estimate of drug-likeness (QED) is 0.612. The number of nitrogens with two attached hydrogens (primary N) is 1. The van der Waals surface area contributed by atoms with Crippen LogP contribution in [0.1, 0.15) is 38.5 Å². The molecule has 0 aromatic carbocycles. The van der Waals surface area contributed by atoms with E-state index in [9.17, 15) is 9.90 Å². The van der Waals surface area contributed by atoms with Crippen LogP contribution in [0, 0.1) is 5.92 Å². The summed E-state index contributed by atoms with van der Waals surface area (Å²) in [5.74, 6) is -0.396.